The van der Waals surface area contributed by atoms with Gasteiger partial charge in [-0.1, -0.05) is 6.92 Å². The molecular weight excluding hydrogens is 120 g/mol. The summed E-state index contributed by atoms with van der Waals surface area (Å²) in [5.41, 5.74) is 0. The van der Waals surface area contributed by atoms with Gasteiger partial charge in [-0.15, -0.1) is 0 Å². The molecule has 52 valence electrons. The van der Waals surface area contributed by atoms with E-state index in [9.17, 15) is 4.79 Å². The maximum Gasteiger partial charge on any atom is 0.333 e. The first-order chi connectivity index (χ1) is 4.22. The van der Waals surface area contributed by atoms with E-state index in [1.165, 1.54) is 0 Å². The Morgan fingerprint density at radius 2 is 2.44 bits per heavy atom. The summed E-state index contributed by atoms with van der Waals surface area (Å²) in [6.45, 7) is 2.49. The molecule has 0 aromatic carbocycles. The number of carbonyl (C=O) groups is 1. The highest BCUT2D eigenvalue weighted by Crippen LogP contribution is 2.19. The van der Waals surface area contributed by atoms with Crippen molar-refractivity contribution in [3.8, 4) is 0 Å². The van der Waals surface area contributed by atoms with Crippen molar-refractivity contribution >= 4 is 5.97 Å². The number of carboxylic acid groups (broad SMARTS) is 1. The molecule has 1 N–H and O–H groups in total. The maximum absolute atomic E-state index is 10.3. The number of hydrogen-bond donors (Lipinski definition) is 1. The van der Waals surface area contributed by atoms with Gasteiger partial charge in [-0.2, -0.15) is 0 Å². The summed E-state index contributed by atoms with van der Waals surface area (Å²) in [6, 6.07) is 0. The molecule has 0 amide bonds. The van der Waals surface area contributed by atoms with Gasteiger partial charge in [0.05, 0.1) is 0 Å². The van der Waals surface area contributed by atoms with E-state index in [4.69, 9.17) is 9.84 Å². The number of aliphatic carboxylic acids is 1. The summed E-state index contributed by atoms with van der Waals surface area (Å²) in [7, 11) is 0. The second kappa shape index (κ2) is 2.35. The average Bonchev–Trinajstić information content (AvgIpc) is 2.13. The predicted molar refractivity (Wildman–Crippen MR) is 31.2 cm³/mol. The lowest BCUT2D eigenvalue weighted by Gasteiger charge is -2.06. The molecule has 2 atom stereocenters. The van der Waals surface area contributed by atoms with E-state index in [0.717, 1.165) is 6.42 Å². The van der Waals surface area contributed by atoms with Crippen molar-refractivity contribution in [3.05, 3.63) is 0 Å². The SMILES string of the molecule is CC1CCOC1C(=O)O. The van der Waals surface area contributed by atoms with E-state index >= 15 is 0 Å². The van der Waals surface area contributed by atoms with Crippen molar-refractivity contribution in [2.75, 3.05) is 6.61 Å². The molecule has 0 aromatic heterocycles. The molecule has 1 aliphatic heterocycles. The first-order valence-corrected chi connectivity index (χ1v) is 3.06. The van der Waals surface area contributed by atoms with Crippen LogP contribution in [0.25, 0.3) is 0 Å². The summed E-state index contributed by atoms with van der Waals surface area (Å²) in [5.74, 6) is -0.650. The van der Waals surface area contributed by atoms with Crippen LogP contribution in [0.2, 0.25) is 0 Å². The van der Waals surface area contributed by atoms with Crippen LogP contribution in [-0.2, 0) is 9.53 Å². The Labute approximate surface area is 53.6 Å². The van der Waals surface area contributed by atoms with E-state index < -0.39 is 12.1 Å². The molecule has 1 heterocycles. The Kier molecular flexibility index (Phi) is 1.71. The summed E-state index contributed by atoms with van der Waals surface area (Å²) in [6.07, 6.45) is 0.321. The molecule has 0 aromatic rings. The van der Waals surface area contributed by atoms with E-state index in [0.29, 0.717) is 6.61 Å². The minimum atomic E-state index is -0.833. The molecule has 0 aliphatic carbocycles. The van der Waals surface area contributed by atoms with Crippen LogP contribution in [0.15, 0.2) is 0 Å². The molecule has 1 aliphatic rings. The molecule has 1 fully saturated rings. The van der Waals surface area contributed by atoms with Gasteiger partial charge in [0.25, 0.3) is 0 Å². The van der Waals surface area contributed by atoms with Crippen LogP contribution in [0, 0.1) is 5.92 Å². The Morgan fingerprint density at radius 1 is 1.78 bits per heavy atom. The van der Waals surface area contributed by atoms with Crippen molar-refractivity contribution in [1.29, 1.82) is 0 Å². The van der Waals surface area contributed by atoms with Gasteiger partial charge in [-0.3, -0.25) is 0 Å². The second-order valence-corrected chi connectivity index (χ2v) is 2.40. The van der Waals surface area contributed by atoms with E-state index in [-0.39, 0.29) is 5.92 Å². The van der Waals surface area contributed by atoms with Crippen LogP contribution < -0.4 is 0 Å². The smallest absolute Gasteiger partial charge is 0.333 e. The minimum Gasteiger partial charge on any atom is -0.479 e. The summed E-state index contributed by atoms with van der Waals surface area (Å²) >= 11 is 0. The first kappa shape index (κ1) is 6.55. The van der Waals surface area contributed by atoms with Gasteiger partial charge in [-0.05, 0) is 12.3 Å². The molecule has 0 spiro atoms. The molecule has 0 saturated carbocycles. The third-order valence-corrected chi connectivity index (χ3v) is 1.63. The summed E-state index contributed by atoms with van der Waals surface area (Å²) in [4.78, 5) is 10.3. The topological polar surface area (TPSA) is 46.5 Å². The quantitative estimate of drug-likeness (QED) is 0.562. The van der Waals surface area contributed by atoms with Crippen LogP contribution in [0.3, 0.4) is 0 Å². The predicted octanol–water partition coefficient (Wildman–Crippen LogP) is 0.496. The summed E-state index contributed by atoms with van der Waals surface area (Å²) < 4.78 is 4.93. The highest BCUT2D eigenvalue weighted by Gasteiger charge is 2.30. The van der Waals surface area contributed by atoms with Gasteiger partial charge >= 0.3 is 5.97 Å². The zero-order chi connectivity index (χ0) is 6.85. The lowest BCUT2D eigenvalue weighted by Crippen LogP contribution is -2.24. The number of ether oxygens (including phenoxy) is 1. The Bertz CT molecular complexity index is 121. The monoisotopic (exact) mass is 130 g/mol. The number of hydrogen-bond acceptors (Lipinski definition) is 2. The van der Waals surface area contributed by atoms with Gasteiger partial charge in [0.2, 0.25) is 0 Å². The molecule has 2 unspecified atom stereocenters. The normalized spacial score (nSPS) is 34.8. The van der Waals surface area contributed by atoms with Gasteiger partial charge < -0.3 is 9.84 Å². The van der Waals surface area contributed by atoms with Crippen LogP contribution in [0.5, 0.6) is 0 Å². The Morgan fingerprint density at radius 3 is 2.67 bits per heavy atom. The van der Waals surface area contributed by atoms with Gasteiger partial charge in [0.1, 0.15) is 0 Å². The minimum absolute atomic E-state index is 0.183. The van der Waals surface area contributed by atoms with E-state index in [2.05, 4.69) is 0 Å². The zero-order valence-electron chi connectivity index (χ0n) is 5.33. The Balaban J connectivity index is 2.49. The number of rotatable bonds is 1. The fourth-order valence-corrected chi connectivity index (χ4v) is 1.01. The molecule has 0 bridgehead atoms. The van der Waals surface area contributed by atoms with Crippen LogP contribution >= 0.6 is 0 Å². The molecule has 3 heteroatoms. The van der Waals surface area contributed by atoms with Crippen molar-refractivity contribution in [2.24, 2.45) is 5.92 Å². The second-order valence-electron chi connectivity index (χ2n) is 2.40. The Hall–Kier alpha value is -0.570. The van der Waals surface area contributed by atoms with Gasteiger partial charge in [0.15, 0.2) is 6.10 Å². The van der Waals surface area contributed by atoms with Crippen molar-refractivity contribution in [3.63, 3.8) is 0 Å². The molecular formula is C6H10O3. The van der Waals surface area contributed by atoms with Crippen molar-refractivity contribution < 1.29 is 14.6 Å². The standard InChI is InChI=1S/C6H10O3/c1-4-2-3-9-5(4)6(7)8/h4-5H,2-3H2,1H3,(H,7,8). The highest BCUT2D eigenvalue weighted by molar-refractivity contribution is 5.72. The third kappa shape index (κ3) is 1.21. The number of carboxylic acids is 1. The summed E-state index contributed by atoms with van der Waals surface area (Å²) in [5, 5.41) is 8.46. The lowest BCUT2D eigenvalue weighted by atomic mass is 10.1. The van der Waals surface area contributed by atoms with Gasteiger partial charge in [-0.25, -0.2) is 4.79 Å². The lowest BCUT2D eigenvalue weighted by molar-refractivity contribution is -0.148. The molecule has 3 nitrogen and oxygen atoms in total. The van der Waals surface area contributed by atoms with E-state index in [1.807, 2.05) is 6.92 Å². The van der Waals surface area contributed by atoms with Crippen LogP contribution in [0.4, 0.5) is 0 Å². The third-order valence-electron chi connectivity index (χ3n) is 1.63. The van der Waals surface area contributed by atoms with Gasteiger partial charge in [0, 0.05) is 6.61 Å². The molecule has 0 radical (unpaired) electrons. The maximum atomic E-state index is 10.3. The highest BCUT2D eigenvalue weighted by atomic mass is 16.5. The molecule has 1 rings (SSSR count). The largest absolute Gasteiger partial charge is 0.479 e. The van der Waals surface area contributed by atoms with Crippen molar-refractivity contribution in [2.45, 2.75) is 19.4 Å². The van der Waals surface area contributed by atoms with E-state index in [1.54, 1.807) is 0 Å². The van der Waals surface area contributed by atoms with Crippen LogP contribution in [-0.4, -0.2) is 23.8 Å². The first-order valence-electron chi connectivity index (χ1n) is 3.06. The zero-order valence-corrected chi connectivity index (χ0v) is 5.33. The van der Waals surface area contributed by atoms with Crippen molar-refractivity contribution in [1.82, 2.24) is 0 Å². The average molecular weight is 130 g/mol. The molecule has 9 heavy (non-hydrogen) atoms. The molecule has 1 saturated heterocycles. The van der Waals surface area contributed by atoms with Crippen LogP contribution in [0.1, 0.15) is 13.3 Å². The fraction of sp³-hybridized carbons (Fsp3) is 0.833. The fourth-order valence-electron chi connectivity index (χ4n) is 1.01.